The van der Waals surface area contributed by atoms with Crippen molar-refractivity contribution in [1.82, 2.24) is 0 Å². The molecule has 0 bridgehead atoms. The maximum Gasteiger partial charge on any atom is 0.115 e. The maximum absolute atomic E-state index is 9.52. The molecule has 0 radical (unpaired) electrons. The highest BCUT2D eigenvalue weighted by Crippen LogP contribution is 2.42. The number of aliphatic hydroxyl groups excluding tert-OH is 1. The summed E-state index contributed by atoms with van der Waals surface area (Å²) in [4.78, 5) is 0. The molecule has 0 aromatic heterocycles. The zero-order valence-corrected chi connectivity index (χ0v) is 12.5. The summed E-state index contributed by atoms with van der Waals surface area (Å²) in [6.07, 6.45) is 7.73. The van der Waals surface area contributed by atoms with Crippen LogP contribution in [0.4, 0.5) is 0 Å². The Labute approximate surface area is 121 Å². The lowest BCUT2D eigenvalue weighted by Crippen LogP contribution is -2.33. The summed E-state index contributed by atoms with van der Waals surface area (Å²) in [5, 5.41) is 19.0. The van der Waals surface area contributed by atoms with Gasteiger partial charge < -0.3 is 10.2 Å². The van der Waals surface area contributed by atoms with E-state index < -0.39 is 0 Å². The first-order valence-corrected chi connectivity index (χ1v) is 7.28. The van der Waals surface area contributed by atoms with Crippen LogP contribution in [0.15, 0.2) is 48.3 Å². The molecule has 0 amide bonds. The predicted molar refractivity (Wildman–Crippen MR) is 82.9 cm³/mol. The number of phenols is 1. The third kappa shape index (κ3) is 3.06. The van der Waals surface area contributed by atoms with E-state index >= 15 is 0 Å². The summed E-state index contributed by atoms with van der Waals surface area (Å²) >= 11 is 0. The van der Waals surface area contributed by atoms with Gasteiger partial charge in [0.1, 0.15) is 11.5 Å². The molecule has 20 heavy (non-hydrogen) atoms. The average Bonchev–Trinajstić information content (AvgIpc) is 2.39. The highest BCUT2D eigenvalue weighted by atomic mass is 16.3. The van der Waals surface area contributed by atoms with Crippen LogP contribution in [-0.4, -0.2) is 10.2 Å². The number of benzene rings is 1. The monoisotopic (exact) mass is 272 g/mol. The van der Waals surface area contributed by atoms with E-state index in [9.17, 15) is 10.2 Å². The molecule has 1 aromatic carbocycles. The van der Waals surface area contributed by atoms with Crippen LogP contribution in [0.25, 0.3) is 0 Å². The SMILES string of the molecule is CC(C)CC(C)(c1ccc(O)cc1)C1C=CC(O)=CC1. The molecule has 1 aliphatic carbocycles. The molecule has 2 rings (SSSR count). The molecule has 2 N–H and O–H groups in total. The van der Waals surface area contributed by atoms with Crippen LogP contribution in [0.2, 0.25) is 0 Å². The van der Waals surface area contributed by atoms with Crippen molar-refractivity contribution in [2.24, 2.45) is 11.8 Å². The molecule has 0 heterocycles. The van der Waals surface area contributed by atoms with E-state index in [1.54, 1.807) is 18.2 Å². The summed E-state index contributed by atoms with van der Waals surface area (Å²) < 4.78 is 0. The number of allylic oxidation sites excluding steroid dienone is 3. The van der Waals surface area contributed by atoms with E-state index in [1.807, 2.05) is 18.2 Å². The van der Waals surface area contributed by atoms with Gasteiger partial charge in [-0.3, -0.25) is 0 Å². The Bertz CT molecular complexity index is 511. The molecule has 0 aliphatic heterocycles. The number of rotatable bonds is 4. The quantitative estimate of drug-likeness (QED) is 0.833. The zero-order valence-electron chi connectivity index (χ0n) is 12.5. The van der Waals surface area contributed by atoms with Crippen LogP contribution in [0.5, 0.6) is 5.75 Å². The summed E-state index contributed by atoms with van der Waals surface area (Å²) in [5.74, 6) is 1.61. The standard InChI is InChI=1S/C18H24O2/c1-13(2)12-18(3,14-4-8-16(19)9-5-14)15-6-10-17(20)11-7-15/h4-6,8-11,13,15,19-20H,7,12H2,1-3H3. The average molecular weight is 272 g/mol. The largest absolute Gasteiger partial charge is 0.508 e. The third-order valence-electron chi connectivity index (χ3n) is 4.26. The molecule has 108 valence electrons. The summed E-state index contributed by atoms with van der Waals surface area (Å²) in [5.41, 5.74) is 1.25. The Morgan fingerprint density at radius 3 is 2.35 bits per heavy atom. The van der Waals surface area contributed by atoms with Gasteiger partial charge >= 0.3 is 0 Å². The van der Waals surface area contributed by atoms with E-state index in [-0.39, 0.29) is 5.41 Å². The van der Waals surface area contributed by atoms with Crippen molar-refractivity contribution >= 4 is 0 Å². The van der Waals surface area contributed by atoms with Gasteiger partial charge in [0.05, 0.1) is 0 Å². The van der Waals surface area contributed by atoms with E-state index in [0.717, 1.165) is 12.8 Å². The molecule has 2 unspecified atom stereocenters. The van der Waals surface area contributed by atoms with Gasteiger partial charge in [-0.1, -0.05) is 39.0 Å². The number of hydrogen-bond donors (Lipinski definition) is 2. The maximum atomic E-state index is 9.52. The molecule has 2 atom stereocenters. The molecule has 2 heteroatoms. The highest BCUT2D eigenvalue weighted by Gasteiger charge is 2.35. The smallest absolute Gasteiger partial charge is 0.115 e. The fraction of sp³-hybridized carbons (Fsp3) is 0.444. The number of phenolic OH excluding ortho intramolecular Hbond substituents is 1. The van der Waals surface area contributed by atoms with E-state index in [1.165, 1.54) is 5.56 Å². The first-order valence-electron chi connectivity index (χ1n) is 7.28. The Hall–Kier alpha value is -1.70. The van der Waals surface area contributed by atoms with Crippen LogP contribution in [-0.2, 0) is 5.41 Å². The van der Waals surface area contributed by atoms with Crippen LogP contribution < -0.4 is 0 Å². The predicted octanol–water partition coefficient (Wildman–Crippen LogP) is 4.71. The van der Waals surface area contributed by atoms with Gasteiger partial charge in [-0.25, -0.2) is 0 Å². The fourth-order valence-corrected chi connectivity index (χ4v) is 3.26. The molecular weight excluding hydrogens is 248 g/mol. The summed E-state index contributed by atoms with van der Waals surface area (Å²) in [6.45, 7) is 6.75. The minimum absolute atomic E-state index is 0.00949. The van der Waals surface area contributed by atoms with Crippen molar-refractivity contribution in [2.75, 3.05) is 0 Å². The first kappa shape index (κ1) is 14.7. The van der Waals surface area contributed by atoms with Gasteiger partial charge in [-0.15, -0.1) is 0 Å². The number of aromatic hydroxyl groups is 1. The lowest BCUT2D eigenvalue weighted by Gasteiger charge is -2.39. The normalized spacial score (nSPS) is 21.6. The van der Waals surface area contributed by atoms with Crippen LogP contribution in [0, 0.1) is 11.8 Å². The van der Waals surface area contributed by atoms with Crippen molar-refractivity contribution < 1.29 is 10.2 Å². The summed E-state index contributed by atoms with van der Waals surface area (Å²) in [6, 6.07) is 7.55. The molecule has 1 aromatic rings. The van der Waals surface area contributed by atoms with Gasteiger partial charge in [-0.2, -0.15) is 0 Å². The number of hydrogen-bond acceptors (Lipinski definition) is 2. The lowest BCUT2D eigenvalue weighted by molar-refractivity contribution is 0.279. The molecule has 1 aliphatic rings. The van der Waals surface area contributed by atoms with Crippen LogP contribution in [0.1, 0.15) is 39.2 Å². The fourth-order valence-electron chi connectivity index (χ4n) is 3.26. The van der Waals surface area contributed by atoms with E-state index in [2.05, 4.69) is 26.8 Å². The van der Waals surface area contributed by atoms with Crippen LogP contribution in [0.3, 0.4) is 0 Å². The second-order valence-corrected chi connectivity index (χ2v) is 6.39. The number of aliphatic hydroxyl groups is 1. The summed E-state index contributed by atoms with van der Waals surface area (Å²) in [7, 11) is 0. The minimum atomic E-state index is 0.00949. The molecule has 0 spiro atoms. The van der Waals surface area contributed by atoms with Crippen molar-refractivity contribution in [2.45, 2.75) is 39.0 Å². The first-order chi connectivity index (χ1) is 9.41. The third-order valence-corrected chi connectivity index (χ3v) is 4.26. The van der Waals surface area contributed by atoms with Gasteiger partial charge in [0.2, 0.25) is 0 Å². The Morgan fingerprint density at radius 1 is 1.20 bits per heavy atom. The van der Waals surface area contributed by atoms with Crippen molar-refractivity contribution in [3.8, 4) is 5.75 Å². The molecule has 2 nitrogen and oxygen atoms in total. The molecule has 0 saturated carbocycles. The van der Waals surface area contributed by atoms with E-state index in [0.29, 0.717) is 23.3 Å². The Morgan fingerprint density at radius 2 is 1.85 bits per heavy atom. The molecule has 0 saturated heterocycles. The minimum Gasteiger partial charge on any atom is -0.508 e. The topological polar surface area (TPSA) is 40.5 Å². The second kappa shape index (κ2) is 5.74. The van der Waals surface area contributed by atoms with Crippen molar-refractivity contribution in [3.05, 3.63) is 53.8 Å². The van der Waals surface area contributed by atoms with Gasteiger partial charge in [0, 0.05) is 0 Å². The van der Waals surface area contributed by atoms with Gasteiger partial charge in [0.15, 0.2) is 0 Å². The van der Waals surface area contributed by atoms with Gasteiger partial charge in [0.25, 0.3) is 0 Å². The second-order valence-electron chi connectivity index (χ2n) is 6.39. The zero-order chi connectivity index (χ0) is 14.8. The highest BCUT2D eigenvalue weighted by molar-refractivity contribution is 5.34. The molecular formula is C18H24O2. The van der Waals surface area contributed by atoms with Gasteiger partial charge in [-0.05, 0) is 59.9 Å². The Kier molecular flexibility index (Phi) is 4.22. The van der Waals surface area contributed by atoms with Crippen molar-refractivity contribution in [3.63, 3.8) is 0 Å². The molecule has 0 fully saturated rings. The van der Waals surface area contributed by atoms with Crippen LogP contribution >= 0.6 is 0 Å². The Balaban J connectivity index is 2.35. The van der Waals surface area contributed by atoms with Crippen molar-refractivity contribution in [1.29, 1.82) is 0 Å². The lowest BCUT2D eigenvalue weighted by atomic mass is 9.65. The van der Waals surface area contributed by atoms with E-state index in [4.69, 9.17) is 0 Å².